The van der Waals surface area contributed by atoms with Gasteiger partial charge in [0.1, 0.15) is 5.70 Å². The number of carbonyl (C=O) groups is 2. The highest BCUT2D eigenvalue weighted by molar-refractivity contribution is 5.98. The van der Waals surface area contributed by atoms with E-state index in [1.165, 1.54) is 6.26 Å². The summed E-state index contributed by atoms with van der Waals surface area (Å²) in [6.07, 6.45) is 11.3. The number of allylic oxidation sites excluding steroid dienone is 4. The van der Waals surface area contributed by atoms with Crippen LogP contribution in [0.15, 0.2) is 70.2 Å². The Morgan fingerprint density at radius 2 is 2.27 bits per heavy atom. The molecule has 4 rings (SSSR count). The molecule has 2 N–H and O–H groups in total. The standard InChI is InChI=1S/C20H20N2O4/c1-2-25-19(24)15-11-20-13(8-9-21-15)5-3-7-17(20)22-12-14(20)18(23)16-6-4-10-26-16/h3-8,10-11,14,21-22H,2,9,12H2,1H3. The number of esters is 1. The number of Topliss-reactive ketones (excluding diaryl/α,β-unsaturated/α-hetero) is 1. The molecule has 1 aromatic rings. The van der Waals surface area contributed by atoms with E-state index in [9.17, 15) is 9.59 Å². The van der Waals surface area contributed by atoms with E-state index in [1.807, 2.05) is 30.4 Å². The van der Waals surface area contributed by atoms with Crippen LogP contribution in [-0.2, 0) is 9.53 Å². The molecule has 2 aliphatic heterocycles. The fourth-order valence-corrected chi connectivity index (χ4v) is 3.92. The summed E-state index contributed by atoms with van der Waals surface area (Å²) in [7, 11) is 0. The molecule has 0 saturated carbocycles. The van der Waals surface area contributed by atoms with Crippen LogP contribution in [0.4, 0.5) is 0 Å². The van der Waals surface area contributed by atoms with Crippen molar-refractivity contribution in [1.29, 1.82) is 0 Å². The van der Waals surface area contributed by atoms with E-state index in [0.29, 0.717) is 31.2 Å². The summed E-state index contributed by atoms with van der Waals surface area (Å²) in [4.78, 5) is 25.5. The van der Waals surface area contributed by atoms with Crippen molar-refractivity contribution >= 4 is 11.8 Å². The van der Waals surface area contributed by atoms with Gasteiger partial charge in [-0.1, -0.05) is 18.2 Å². The van der Waals surface area contributed by atoms with Gasteiger partial charge in [-0.3, -0.25) is 4.79 Å². The van der Waals surface area contributed by atoms with Gasteiger partial charge in [0, 0.05) is 18.8 Å². The van der Waals surface area contributed by atoms with Crippen LogP contribution in [0.25, 0.3) is 0 Å². The second-order valence-corrected chi connectivity index (χ2v) is 6.40. The van der Waals surface area contributed by atoms with E-state index in [4.69, 9.17) is 9.15 Å². The molecule has 3 aliphatic rings. The Labute approximate surface area is 151 Å². The molecular formula is C20H20N2O4. The molecule has 1 fully saturated rings. The maximum absolute atomic E-state index is 13.1. The van der Waals surface area contributed by atoms with E-state index < -0.39 is 17.3 Å². The van der Waals surface area contributed by atoms with Crippen molar-refractivity contribution in [2.45, 2.75) is 6.92 Å². The van der Waals surface area contributed by atoms with Crippen LogP contribution in [0, 0.1) is 11.3 Å². The topological polar surface area (TPSA) is 80.6 Å². The molecule has 6 heteroatoms. The first-order valence-corrected chi connectivity index (χ1v) is 8.71. The first kappa shape index (κ1) is 16.4. The third-order valence-corrected chi connectivity index (χ3v) is 5.07. The Bertz CT molecular complexity index is 860. The molecule has 6 nitrogen and oxygen atoms in total. The maximum atomic E-state index is 13.1. The van der Waals surface area contributed by atoms with Gasteiger partial charge in [0.15, 0.2) is 5.76 Å². The molecule has 1 aliphatic carbocycles. The SMILES string of the molecule is CCOC(=O)C1=CC23C(=CCN1)C=CC=C2NCC3C(=O)c1ccco1. The minimum absolute atomic E-state index is 0.0894. The summed E-state index contributed by atoms with van der Waals surface area (Å²) in [6.45, 7) is 3.02. The number of ketones is 1. The second-order valence-electron chi connectivity index (χ2n) is 6.40. The summed E-state index contributed by atoms with van der Waals surface area (Å²) in [5.74, 6) is -0.597. The van der Waals surface area contributed by atoms with Crippen molar-refractivity contribution in [3.8, 4) is 0 Å². The van der Waals surface area contributed by atoms with Gasteiger partial charge in [0.05, 0.1) is 24.2 Å². The Morgan fingerprint density at radius 1 is 1.38 bits per heavy atom. The molecule has 1 saturated heterocycles. The fraction of sp³-hybridized carbons (Fsp3) is 0.300. The average molecular weight is 352 g/mol. The highest BCUT2D eigenvalue weighted by Crippen LogP contribution is 2.51. The predicted octanol–water partition coefficient (Wildman–Crippen LogP) is 2.10. The van der Waals surface area contributed by atoms with Gasteiger partial charge < -0.3 is 19.8 Å². The summed E-state index contributed by atoms with van der Waals surface area (Å²) >= 11 is 0. The number of ether oxygens (including phenoxy) is 1. The molecule has 2 atom stereocenters. The number of nitrogens with one attached hydrogen (secondary N) is 2. The molecular weight excluding hydrogens is 332 g/mol. The summed E-state index contributed by atoms with van der Waals surface area (Å²) in [5, 5.41) is 6.45. The smallest absolute Gasteiger partial charge is 0.354 e. The Kier molecular flexibility index (Phi) is 4.03. The molecule has 134 valence electrons. The normalized spacial score (nSPS) is 26.2. The quantitative estimate of drug-likeness (QED) is 0.638. The van der Waals surface area contributed by atoms with E-state index in [2.05, 4.69) is 10.6 Å². The van der Waals surface area contributed by atoms with Gasteiger partial charge >= 0.3 is 5.97 Å². The van der Waals surface area contributed by atoms with Crippen molar-refractivity contribution in [3.63, 3.8) is 0 Å². The lowest BCUT2D eigenvalue weighted by Crippen LogP contribution is -2.35. The first-order chi connectivity index (χ1) is 12.7. The van der Waals surface area contributed by atoms with E-state index in [-0.39, 0.29) is 5.78 Å². The molecule has 0 radical (unpaired) electrons. The fourth-order valence-electron chi connectivity index (χ4n) is 3.92. The summed E-state index contributed by atoms with van der Waals surface area (Å²) in [5.41, 5.74) is 1.53. The third kappa shape index (κ3) is 2.41. The summed E-state index contributed by atoms with van der Waals surface area (Å²) in [6, 6.07) is 3.38. The van der Waals surface area contributed by atoms with E-state index >= 15 is 0 Å². The van der Waals surface area contributed by atoms with Gasteiger partial charge in [-0.05, 0) is 36.8 Å². The Morgan fingerprint density at radius 3 is 3.04 bits per heavy atom. The summed E-state index contributed by atoms with van der Waals surface area (Å²) < 4.78 is 10.5. The highest BCUT2D eigenvalue weighted by Gasteiger charge is 2.53. The van der Waals surface area contributed by atoms with Crippen LogP contribution in [-0.4, -0.2) is 31.4 Å². The Hall–Kier alpha value is -3.02. The van der Waals surface area contributed by atoms with Crippen LogP contribution in [0.3, 0.4) is 0 Å². The van der Waals surface area contributed by atoms with Crippen LogP contribution in [0.5, 0.6) is 0 Å². The largest absolute Gasteiger partial charge is 0.461 e. The third-order valence-electron chi connectivity index (χ3n) is 5.07. The maximum Gasteiger partial charge on any atom is 0.354 e. The lowest BCUT2D eigenvalue weighted by Gasteiger charge is -2.34. The predicted molar refractivity (Wildman–Crippen MR) is 95.0 cm³/mol. The van der Waals surface area contributed by atoms with Crippen molar-refractivity contribution in [3.05, 3.63) is 71.5 Å². The molecule has 2 unspecified atom stereocenters. The minimum atomic E-state index is -0.732. The van der Waals surface area contributed by atoms with Crippen molar-refractivity contribution < 1.29 is 18.7 Å². The zero-order chi connectivity index (χ0) is 18.1. The second kappa shape index (κ2) is 6.37. The van der Waals surface area contributed by atoms with Crippen molar-refractivity contribution in [1.82, 2.24) is 10.6 Å². The highest BCUT2D eigenvalue weighted by atomic mass is 16.5. The van der Waals surface area contributed by atoms with E-state index in [1.54, 1.807) is 19.1 Å². The van der Waals surface area contributed by atoms with Crippen LogP contribution >= 0.6 is 0 Å². The van der Waals surface area contributed by atoms with Gasteiger partial charge in [-0.2, -0.15) is 0 Å². The van der Waals surface area contributed by atoms with Crippen LogP contribution < -0.4 is 10.6 Å². The number of furan rings is 1. The van der Waals surface area contributed by atoms with Gasteiger partial charge in [-0.15, -0.1) is 0 Å². The number of hydrogen-bond donors (Lipinski definition) is 2. The Balaban J connectivity index is 1.84. The number of carbonyl (C=O) groups excluding carboxylic acids is 2. The zero-order valence-electron chi connectivity index (χ0n) is 14.5. The lowest BCUT2D eigenvalue weighted by molar-refractivity contribution is -0.139. The molecule has 26 heavy (non-hydrogen) atoms. The van der Waals surface area contributed by atoms with Crippen LogP contribution in [0.1, 0.15) is 17.5 Å². The molecule has 3 heterocycles. The molecule has 0 amide bonds. The number of rotatable bonds is 4. The minimum Gasteiger partial charge on any atom is -0.461 e. The average Bonchev–Trinajstić information content (AvgIpc) is 3.24. The molecule has 1 spiro atoms. The van der Waals surface area contributed by atoms with Crippen molar-refractivity contribution in [2.75, 3.05) is 19.7 Å². The zero-order valence-corrected chi connectivity index (χ0v) is 14.5. The van der Waals surface area contributed by atoms with Crippen molar-refractivity contribution in [2.24, 2.45) is 11.3 Å². The van der Waals surface area contributed by atoms with Crippen LogP contribution in [0.2, 0.25) is 0 Å². The van der Waals surface area contributed by atoms with Gasteiger partial charge in [-0.25, -0.2) is 4.79 Å². The lowest BCUT2D eigenvalue weighted by atomic mass is 9.66. The molecule has 1 aromatic heterocycles. The van der Waals surface area contributed by atoms with E-state index in [0.717, 1.165) is 11.3 Å². The van der Waals surface area contributed by atoms with Gasteiger partial charge in [0.25, 0.3) is 0 Å². The number of hydrogen-bond acceptors (Lipinski definition) is 6. The first-order valence-electron chi connectivity index (χ1n) is 8.71. The molecule has 0 bridgehead atoms. The molecule has 0 aromatic carbocycles. The van der Waals surface area contributed by atoms with Gasteiger partial charge in [0.2, 0.25) is 5.78 Å². The monoisotopic (exact) mass is 352 g/mol.